The number of aryl methyl sites for hydroxylation is 1. The molecule has 0 aliphatic rings. The molecule has 0 fully saturated rings. The highest BCUT2D eigenvalue weighted by Gasteiger charge is 2.20. The second-order valence-corrected chi connectivity index (χ2v) is 5.23. The van der Waals surface area contributed by atoms with Gasteiger partial charge in [-0.05, 0) is 25.1 Å². The summed E-state index contributed by atoms with van der Waals surface area (Å²) >= 11 is 0. The molecular weight excluding hydrogens is 324 g/mol. The molecule has 130 valence electrons. The lowest BCUT2D eigenvalue weighted by atomic mass is 10.3. The number of amides is 2. The summed E-state index contributed by atoms with van der Waals surface area (Å²) in [6, 6.07) is 5.11. The highest BCUT2D eigenvalue weighted by Crippen LogP contribution is 2.18. The fourth-order valence-electron chi connectivity index (χ4n) is 2.37. The van der Waals surface area contributed by atoms with Crippen molar-refractivity contribution in [2.75, 3.05) is 12.4 Å². The van der Waals surface area contributed by atoms with Gasteiger partial charge in [-0.3, -0.25) is 14.3 Å². The Labute approximate surface area is 143 Å². The Morgan fingerprint density at radius 1 is 1.24 bits per heavy atom. The molecule has 2 N–H and O–H groups in total. The molecule has 25 heavy (non-hydrogen) atoms. The molecule has 0 aromatic carbocycles. The molecule has 0 spiro atoms. The van der Waals surface area contributed by atoms with Gasteiger partial charge in [0.25, 0.3) is 11.8 Å². The van der Waals surface area contributed by atoms with Gasteiger partial charge in [0.15, 0.2) is 5.76 Å². The second-order valence-electron chi connectivity index (χ2n) is 5.23. The van der Waals surface area contributed by atoms with E-state index < -0.39 is 5.91 Å². The van der Waals surface area contributed by atoms with Crippen molar-refractivity contribution in [3.63, 3.8) is 0 Å². The summed E-state index contributed by atoms with van der Waals surface area (Å²) in [4.78, 5) is 24.4. The zero-order chi connectivity index (χ0) is 17.8. The van der Waals surface area contributed by atoms with Crippen molar-refractivity contribution in [1.82, 2.24) is 24.9 Å². The van der Waals surface area contributed by atoms with Crippen LogP contribution < -0.4 is 10.6 Å². The van der Waals surface area contributed by atoms with E-state index in [2.05, 4.69) is 20.8 Å². The Morgan fingerprint density at radius 2 is 2.08 bits per heavy atom. The summed E-state index contributed by atoms with van der Waals surface area (Å²) in [5.74, 6) is 0.302. The molecule has 0 aliphatic carbocycles. The van der Waals surface area contributed by atoms with Crippen LogP contribution in [0.2, 0.25) is 0 Å². The maximum atomic E-state index is 12.5. The monoisotopic (exact) mass is 342 g/mol. The first kappa shape index (κ1) is 16.5. The van der Waals surface area contributed by atoms with E-state index in [1.165, 1.54) is 17.9 Å². The number of anilines is 1. The number of hydrogen-bond acceptors (Lipinski definition) is 5. The van der Waals surface area contributed by atoms with Crippen molar-refractivity contribution in [2.24, 2.45) is 0 Å². The Morgan fingerprint density at radius 3 is 2.76 bits per heavy atom. The van der Waals surface area contributed by atoms with Crippen LogP contribution in [-0.4, -0.2) is 38.4 Å². The van der Waals surface area contributed by atoms with Crippen LogP contribution in [0.5, 0.6) is 0 Å². The standard InChI is InChI=1S/C16H18N6O3/c1-3-22-14(12(9-19-22)15(23)17-2)20-16(24)13-6-5-11(25-13)10-21-8-4-7-18-21/h4-9H,3,10H2,1-2H3,(H,17,23)(H,20,24). The Hall–Kier alpha value is -3.36. The third kappa shape index (κ3) is 3.44. The first-order valence-corrected chi connectivity index (χ1v) is 7.77. The van der Waals surface area contributed by atoms with Gasteiger partial charge in [-0.15, -0.1) is 0 Å². The normalized spacial score (nSPS) is 10.6. The number of carbonyl (C=O) groups is 2. The number of hydrogen-bond donors (Lipinski definition) is 2. The predicted molar refractivity (Wildman–Crippen MR) is 89.3 cm³/mol. The molecular formula is C16H18N6O3. The van der Waals surface area contributed by atoms with Crippen LogP contribution in [-0.2, 0) is 13.1 Å². The number of carbonyl (C=O) groups excluding carboxylic acids is 2. The Kier molecular flexibility index (Phi) is 4.64. The number of nitrogens with zero attached hydrogens (tertiary/aromatic N) is 4. The quantitative estimate of drug-likeness (QED) is 0.703. The molecule has 0 atom stereocenters. The molecule has 2 amide bonds. The van der Waals surface area contributed by atoms with Gasteiger partial charge in [-0.1, -0.05) is 0 Å². The van der Waals surface area contributed by atoms with E-state index in [1.54, 1.807) is 29.2 Å². The van der Waals surface area contributed by atoms with E-state index in [1.807, 2.05) is 13.0 Å². The highest BCUT2D eigenvalue weighted by molar-refractivity contribution is 6.07. The fraction of sp³-hybridized carbons (Fsp3) is 0.250. The number of furan rings is 1. The van der Waals surface area contributed by atoms with E-state index in [9.17, 15) is 9.59 Å². The summed E-state index contributed by atoms with van der Waals surface area (Å²) in [5.41, 5.74) is 0.293. The minimum atomic E-state index is -0.452. The molecule has 3 rings (SSSR count). The van der Waals surface area contributed by atoms with Crippen LogP contribution in [0, 0.1) is 0 Å². The van der Waals surface area contributed by atoms with Gasteiger partial charge in [0.1, 0.15) is 17.1 Å². The average Bonchev–Trinajstić information content (AvgIpc) is 3.35. The molecule has 0 radical (unpaired) electrons. The molecule has 0 bridgehead atoms. The van der Waals surface area contributed by atoms with Gasteiger partial charge in [-0.25, -0.2) is 4.68 Å². The van der Waals surface area contributed by atoms with Gasteiger partial charge >= 0.3 is 0 Å². The largest absolute Gasteiger partial charge is 0.454 e. The minimum absolute atomic E-state index is 0.147. The van der Waals surface area contributed by atoms with Crippen LogP contribution in [0.25, 0.3) is 0 Å². The van der Waals surface area contributed by atoms with E-state index in [4.69, 9.17) is 4.42 Å². The highest BCUT2D eigenvalue weighted by atomic mass is 16.4. The Balaban J connectivity index is 1.77. The topological polar surface area (TPSA) is 107 Å². The zero-order valence-electron chi connectivity index (χ0n) is 13.9. The van der Waals surface area contributed by atoms with Gasteiger partial charge in [0.05, 0.1) is 12.7 Å². The third-order valence-electron chi connectivity index (χ3n) is 3.61. The zero-order valence-corrected chi connectivity index (χ0v) is 13.9. The average molecular weight is 342 g/mol. The second kappa shape index (κ2) is 7.04. The minimum Gasteiger partial charge on any atom is -0.454 e. The molecule has 0 saturated heterocycles. The van der Waals surface area contributed by atoms with Crippen molar-refractivity contribution >= 4 is 17.6 Å². The summed E-state index contributed by atoms with van der Waals surface area (Å²) < 4.78 is 8.79. The predicted octanol–water partition coefficient (Wildman–Crippen LogP) is 1.35. The lowest BCUT2D eigenvalue weighted by Crippen LogP contribution is -2.22. The smallest absolute Gasteiger partial charge is 0.292 e. The van der Waals surface area contributed by atoms with Crippen molar-refractivity contribution in [3.8, 4) is 0 Å². The van der Waals surface area contributed by atoms with Crippen LogP contribution in [0.4, 0.5) is 5.82 Å². The molecule has 3 heterocycles. The van der Waals surface area contributed by atoms with Gasteiger partial charge in [-0.2, -0.15) is 10.2 Å². The number of rotatable bonds is 6. The fourth-order valence-corrected chi connectivity index (χ4v) is 2.37. The summed E-state index contributed by atoms with van der Waals surface area (Å²) in [6.07, 6.45) is 4.89. The molecule has 0 saturated carbocycles. The SMILES string of the molecule is CCn1ncc(C(=O)NC)c1NC(=O)c1ccc(Cn2cccn2)o1. The number of aromatic nitrogens is 4. The molecule has 0 unspecified atom stereocenters. The number of nitrogens with one attached hydrogen (secondary N) is 2. The lowest BCUT2D eigenvalue weighted by molar-refractivity contribution is 0.0964. The summed E-state index contributed by atoms with van der Waals surface area (Å²) in [7, 11) is 1.52. The van der Waals surface area contributed by atoms with Gasteiger partial charge in [0, 0.05) is 26.0 Å². The summed E-state index contributed by atoms with van der Waals surface area (Å²) in [5, 5.41) is 13.4. The Bertz CT molecular complexity index is 878. The third-order valence-corrected chi connectivity index (χ3v) is 3.61. The van der Waals surface area contributed by atoms with Gasteiger partial charge in [0.2, 0.25) is 0 Å². The molecule has 9 nitrogen and oxygen atoms in total. The van der Waals surface area contributed by atoms with Crippen molar-refractivity contribution in [3.05, 3.63) is 53.9 Å². The van der Waals surface area contributed by atoms with Crippen LogP contribution in [0.3, 0.4) is 0 Å². The van der Waals surface area contributed by atoms with Crippen molar-refractivity contribution < 1.29 is 14.0 Å². The first-order chi connectivity index (χ1) is 12.1. The summed E-state index contributed by atoms with van der Waals surface area (Å²) in [6.45, 7) is 2.80. The van der Waals surface area contributed by atoms with E-state index >= 15 is 0 Å². The maximum absolute atomic E-state index is 12.5. The van der Waals surface area contributed by atoms with Crippen LogP contribution in [0.1, 0.15) is 33.6 Å². The van der Waals surface area contributed by atoms with Crippen molar-refractivity contribution in [2.45, 2.75) is 20.0 Å². The maximum Gasteiger partial charge on any atom is 0.292 e. The lowest BCUT2D eigenvalue weighted by Gasteiger charge is -2.08. The first-order valence-electron chi connectivity index (χ1n) is 7.77. The van der Waals surface area contributed by atoms with Gasteiger partial charge < -0.3 is 15.1 Å². The molecule has 0 aliphatic heterocycles. The van der Waals surface area contributed by atoms with E-state index in [-0.39, 0.29) is 11.7 Å². The van der Waals surface area contributed by atoms with E-state index in [0.29, 0.717) is 30.2 Å². The van der Waals surface area contributed by atoms with Crippen LogP contribution >= 0.6 is 0 Å². The van der Waals surface area contributed by atoms with Crippen LogP contribution in [0.15, 0.2) is 41.2 Å². The molecule has 9 heteroatoms. The van der Waals surface area contributed by atoms with Crippen molar-refractivity contribution in [1.29, 1.82) is 0 Å². The molecule has 3 aromatic heterocycles. The molecule has 3 aromatic rings. The van der Waals surface area contributed by atoms with E-state index in [0.717, 1.165) is 0 Å².